The molecule has 6 rings (SSSR count). The van der Waals surface area contributed by atoms with Crippen LogP contribution in [0, 0.1) is 0 Å². The number of carbonyl (C=O) groups excluding carboxylic acids is 1. The van der Waals surface area contributed by atoms with Gasteiger partial charge in [0, 0.05) is 44.7 Å². The van der Waals surface area contributed by atoms with E-state index in [1.165, 1.54) is 5.56 Å². The number of carbonyl (C=O) groups is 1. The lowest BCUT2D eigenvalue weighted by Crippen LogP contribution is -2.47. The summed E-state index contributed by atoms with van der Waals surface area (Å²) in [5, 5.41) is 7.49. The molecule has 0 unspecified atom stereocenters. The summed E-state index contributed by atoms with van der Waals surface area (Å²) in [4.78, 5) is 23.2. The van der Waals surface area contributed by atoms with Crippen LogP contribution < -0.4 is 15.0 Å². The first kappa shape index (κ1) is 20.3. The zero-order chi connectivity index (χ0) is 22.6. The van der Waals surface area contributed by atoms with Gasteiger partial charge in [0.2, 0.25) is 0 Å². The zero-order valence-electron chi connectivity index (χ0n) is 19.0. The van der Waals surface area contributed by atoms with Gasteiger partial charge < -0.3 is 19.7 Å². The maximum atomic E-state index is 11.5. The molecule has 0 radical (unpaired) electrons. The minimum absolute atomic E-state index is 0.133. The van der Waals surface area contributed by atoms with Crippen molar-refractivity contribution in [2.24, 2.45) is 0 Å². The van der Waals surface area contributed by atoms with Crippen molar-refractivity contribution < 1.29 is 14.3 Å². The molecule has 1 amide bonds. The summed E-state index contributed by atoms with van der Waals surface area (Å²) >= 11 is 0. The molecular weight excluding hydrogens is 420 g/mol. The first-order valence-electron chi connectivity index (χ1n) is 11.6. The third kappa shape index (κ3) is 3.55. The molecule has 172 valence electrons. The highest BCUT2D eigenvalue weighted by molar-refractivity contribution is 5.70. The molecule has 2 aromatic heterocycles. The molecule has 3 aromatic rings. The van der Waals surface area contributed by atoms with Crippen LogP contribution in [-0.2, 0) is 16.6 Å². The van der Waals surface area contributed by atoms with Crippen LogP contribution in [0.3, 0.4) is 0 Å². The summed E-state index contributed by atoms with van der Waals surface area (Å²) in [6.45, 7) is 7.36. The highest BCUT2D eigenvalue weighted by Crippen LogP contribution is 2.39. The van der Waals surface area contributed by atoms with Crippen LogP contribution >= 0.6 is 0 Å². The predicted octanol–water partition coefficient (Wildman–Crippen LogP) is 2.85. The molecular formula is C24H28N6O3. The summed E-state index contributed by atoms with van der Waals surface area (Å²) in [6.07, 6.45) is 6.46. The van der Waals surface area contributed by atoms with E-state index in [-0.39, 0.29) is 17.1 Å². The number of anilines is 1. The van der Waals surface area contributed by atoms with Gasteiger partial charge in [-0.2, -0.15) is 5.10 Å². The van der Waals surface area contributed by atoms with Gasteiger partial charge in [-0.05, 0) is 29.0 Å². The van der Waals surface area contributed by atoms with Crippen LogP contribution in [0.1, 0.15) is 50.1 Å². The molecule has 2 saturated heterocycles. The Bertz CT molecular complexity index is 1230. The molecule has 33 heavy (non-hydrogen) atoms. The molecule has 9 nitrogen and oxygen atoms in total. The van der Waals surface area contributed by atoms with Gasteiger partial charge in [-0.1, -0.05) is 26.0 Å². The van der Waals surface area contributed by atoms with E-state index in [9.17, 15) is 4.79 Å². The molecule has 1 N–H and O–H groups in total. The second kappa shape index (κ2) is 7.33. The van der Waals surface area contributed by atoms with E-state index >= 15 is 0 Å². The standard InChI is InChI=1S/C24H28N6O3/c1-23(2)7-12-32-18-13-16(3-4-17(18)23)14-19-27-21-20(25-8-11-30(21)28-19)29-9-5-24(6-10-29)15-26-22(31)33-24/h3-4,8,11,13H,5-7,9-10,12,14-15H2,1-2H3,(H,26,31). The molecule has 1 aromatic carbocycles. The van der Waals surface area contributed by atoms with Crippen LogP contribution in [0.15, 0.2) is 30.6 Å². The third-order valence-corrected chi connectivity index (χ3v) is 7.24. The first-order chi connectivity index (χ1) is 15.9. The number of nitrogens with one attached hydrogen (secondary N) is 1. The van der Waals surface area contributed by atoms with Crippen molar-refractivity contribution in [3.05, 3.63) is 47.5 Å². The smallest absolute Gasteiger partial charge is 0.407 e. The number of nitrogens with zero attached hydrogens (tertiary/aromatic N) is 5. The maximum absolute atomic E-state index is 11.5. The number of alkyl carbamates (subject to hydrolysis) is 1. The Morgan fingerprint density at radius 1 is 1.18 bits per heavy atom. The van der Waals surface area contributed by atoms with E-state index in [2.05, 4.69) is 47.2 Å². The monoisotopic (exact) mass is 448 g/mol. The number of aromatic nitrogens is 4. The van der Waals surface area contributed by atoms with Crippen molar-refractivity contribution in [1.82, 2.24) is 24.9 Å². The molecule has 2 fully saturated rings. The van der Waals surface area contributed by atoms with Gasteiger partial charge in [0.25, 0.3) is 0 Å². The van der Waals surface area contributed by atoms with Gasteiger partial charge >= 0.3 is 6.09 Å². The largest absolute Gasteiger partial charge is 0.493 e. The van der Waals surface area contributed by atoms with E-state index < -0.39 is 0 Å². The Balaban J connectivity index is 1.23. The Morgan fingerprint density at radius 3 is 2.82 bits per heavy atom. The molecule has 0 atom stereocenters. The fourth-order valence-corrected chi connectivity index (χ4v) is 5.14. The summed E-state index contributed by atoms with van der Waals surface area (Å²) in [5.74, 6) is 2.54. The lowest BCUT2D eigenvalue weighted by molar-refractivity contribution is 0.0366. The summed E-state index contributed by atoms with van der Waals surface area (Å²) in [6, 6.07) is 6.46. The summed E-state index contributed by atoms with van der Waals surface area (Å²) < 4.78 is 13.3. The Hall–Kier alpha value is -3.36. The van der Waals surface area contributed by atoms with Crippen LogP contribution in [-0.4, -0.2) is 57.5 Å². The van der Waals surface area contributed by atoms with Crippen molar-refractivity contribution >= 4 is 17.6 Å². The molecule has 3 aliphatic heterocycles. The van der Waals surface area contributed by atoms with Gasteiger partial charge in [-0.25, -0.2) is 19.3 Å². The van der Waals surface area contributed by atoms with Crippen LogP contribution in [0.5, 0.6) is 5.75 Å². The zero-order valence-corrected chi connectivity index (χ0v) is 19.0. The minimum atomic E-state index is -0.388. The van der Waals surface area contributed by atoms with E-state index in [1.54, 1.807) is 10.7 Å². The Kier molecular flexibility index (Phi) is 4.50. The van der Waals surface area contributed by atoms with Gasteiger partial charge in [0.15, 0.2) is 17.3 Å². The molecule has 0 bridgehead atoms. The Morgan fingerprint density at radius 2 is 2.03 bits per heavy atom. The number of rotatable bonds is 3. The molecule has 5 heterocycles. The minimum Gasteiger partial charge on any atom is -0.493 e. The average Bonchev–Trinajstić information content (AvgIpc) is 3.36. The number of ether oxygens (including phenoxy) is 2. The van der Waals surface area contributed by atoms with Gasteiger partial charge in [-0.3, -0.25) is 0 Å². The van der Waals surface area contributed by atoms with Crippen LogP contribution in [0.2, 0.25) is 0 Å². The van der Waals surface area contributed by atoms with Crippen molar-refractivity contribution in [3.8, 4) is 5.75 Å². The van der Waals surface area contributed by atoms with Crippen LogP contribution in [0.4, 0.5) is 10.6 Å². The van der Waals surface area contributed by atoms with Crippen LogP contribution in [0.25, 0.3) is 5.65 Å². The van der Waals surface area contributed by atoms with E-state index in [0.29, 0.717) is 13.0 Å². The number of benzene rings is 1. The summed E-state index contributed by atoms with van der Waals surface area (Å²) in [7, 11) is 0. The van der Waals surface area contributed by atoms with Crippen molar-refractivity contribution in [2.75, 3.05) is 31.1 Å². The van der Waals surface area contributed by atoms with Crippen molar-refractivity contribution in [2.45, 2.75) is 50.5 Å². The highest BCUT2D eigenvalue weighted by Gasteiger charge is 2.43. The highest BCUT2D eigenvalue weighted by atomic mass is 16.6. The normalized spacial score (nSPS) is 20.9. The molecule has 0 aliphatic carbocycles. The number of piperidine rings is 1. The number of amides is 1. The first-order valence-corrected chi connectivity index (χ1v) is 11.6. The van der Waals surface area contributed by atoms with E-state index in [4.69, 9.17) is 19.6 Å². The fraction of sp³-hybridized carbons (Fsp3) is 0.500. The molecule has 9 heteroatoms. The van der Waals surface area contributed by atoms with E-state index in [1.807, 2.05) is 6.20 Å². The van der Waals surface area contributed by atoms with Gasteiger partial charge in [0.05, 0.1) is 13.2 Å². The SMILES string of the molecule is CC1(C)CCOc2cc(Cc3nc4c(N5CCC6(CC5)CNC(=O)O6)nccn4n3)ccc21. The predicted molar refractivity (Wildman–Crippen MR) is 122 cm³/mol. The van der Waals surface area contributed by atoms with Crippen molar-refractivity contribution in [3.63, 3.8) is 0 Å². The van der Waals surface area contributed by atoms with Gasteiger partial charge in [0.1, 0.15) is 11.4 Å². The lowest BCUT2D eigenvalue weighted by atomic mass is 9.79. The second-order valence-electron chi connectivity index (χ2n) is 9.95. The lowest BCUT2D eigenvalue weighted by Gasteiger charge is -2.37. The quantitative estimate of drug-likeness (QED) is 0.658. The maximum Gasteiger partial charge on any atom is 0.407 e. The Labute approximate surface area is 192 Å². The molecule has 3 aliphatic rings. The number of hydrogen-bond donors (Lipinski definition) is 1. The summed E-state index contributed by atoms with van der Waals surface area (Å²) in [5.41, 5.74) is 2.89. The van der Waals surface area contributed by atoms with Gasteiger partial charge in [-0.15, -0.1) is 0 Å². The third-order valence-electron chi connectivity index (χ3n) is 7.24. The van der Waals surface area contributed by atoms with Crippen molar-refractivity contribution in [1.29, 1.82) is 0 Å². The molecule has 0 saturated carbocycles. The average molecular weight is 449 g/mol. The number of fused-ring (bicyclic) bond motifs is 2. The number of hydrogen-bond acceptors (Lipinski definition) is 7. The topological polar surface area (TPSA) is 93.9 Å². The fourth-order valence-electron chi connectivity index (χ4n) is 5.14. The second-order valence-corrected chi connectivity index (χ2v) is 9.95. The van der Waals surface area contributed by atoms with E-state index in [0.717, 1.165) is 67.6 Å². The molecule has 1 spiro atoms.